The molecule has 1 unspecified atom stereocenters. The van der Waals surface area contributed by atoms with Crippen molar-refractivity contribution in [2.45, 2.75) is 32.2 Å². The van der Waals surface area contributed by atoms with Gasteiger partial charge in [0.15, 0.2) is 0 Å². The van der Waals surface area contributed by atoms with E-state index in [9.17, 15) is 9.90 Å². The molecule has 0 saturated carbocycles. The molecule has 24 heavy (non-hydrogen) atoms. The Morgan fingerprint density at radius 1 is 1.33 bits per heavy atom. The Balaban J connectivity index is 1.96. The summed E-state index contributed by atoms with van der Waals surface area (Å²) in [4.78, 5) is 14.3. The van der Waals surface area contributed by atoms with E-state index in [2.05, 4.69) is 22.4 Å². The third kappa shape index (κ3) is 4.83. The summed E-state index contributed by atoms with van der Waals surface area (Å²) in [6.45, 7) is 1.96. The zero-order valence-electron chi connectivity index (χ0n) is 14.5. The number of carbonyl (C=O) groups excluding carboxylic acids is 1. The van der Waals surface area contributed by atoms with Gasteiger partial charge in [0.1, 0.15) is 5.69 Å². The lowest BCUT2D eigenvalue weighted by atomic mass is 10.1. The highest BCUT2D eigenvalue weighted by Crippen LogP contribution is 2.13. The largest absolute Gasteiger partial charge is 0.394 e. The second-order valence-electron chi connectivity index (χ2n) is 6.15. The van der Waals surface area contributed by atoms with Crippen LogP contribution in [0.3, 0.4) is 0 Å². The number of amides is 1. The van der Waals surface area contributed by atoms with Crippen LogP contribution in [-0.4, -0.2) is 48.0 Å². The van der Waals surface area contributed by atoms with E-state index in [1.54, 1.807) is 6.07 Å². The fraction of sp³-hybridized carbons (Fsp3) is 0.444. The monoisotopic (exact) mass is 330 g/mol. The molecule has 0 aliphatic heterocycles. The summed E-state index contributed by atoms with van der Waals surface area (Å²) in [6.07, 6.45) is 2.43. The number of H-pyrrole nitrogens is 1. The maximum Gasteiger partial charge on any atom is 0.272 e. The van der Waals surface area contributed by atoms with Crippen LogP contribution in [0.25, 0.3) is 0 Å². The first-order chi connectivity index (χ1) is 11.5. The number of aromatic amines is 1. The van der Waals surface area contributed by atoms with Gasteiger partial charge in [-0.15, -0.1) is 0 Å². The minimum absolute atomic E-state index is 0.118. The molecular formula is C18H26N4O2. The number of carbonyl (C=O) groups is 1. The summed E-state index contributed by atoms with van der Waals surface area (Å²) in [5.41, 5.74) is 3.49. The zero-order valence-corrected chi connectivity index (χ0v) is 14.5. The van der Waals surface area contributed by atoms with Crippen molar-refractivity contribution in [2.24, 2.45) is 0 Å². The quantitative estimate of drug-likeness (QED) is 0.689. The zero-order chi connectivity index (χ0) is 17.5. The van der Waals surface area contributed by atoms with Crippen molar-refractivity contribution in [3.8, 4) is 0 Å². The standard InChI is InChI=1S/C18H26N4O2/c1-4-5-14-11-17(21-20-14)18(24)19-15(12-23)10-13-6-8-16(9-7-13)22(2)3/h6-9,11,15,23H,4-5,10,12H2,1-3H3,(H,19,24)(H,20,21). The maximum absolute atomic E-state index is 12.3. The molecule has 1 aromatic carbocycles. The Labute approximate surface area is 142 Å². The fourth-order valence-corrected chi connectivity index (χ4v) is 2.51. The molecule has 2 rings (SSSR count). The predicted molar refractivity (Wildman–Crippen MR) is 95.4 cm³/mol. The van der Waals surface area contributed by atoms with Gasteiger partial charge in [0, 0.05) is 25.5 Å². The van der Waals surface area contributed by atoms with E-state index in [0.29, 0.717) is 12.1 Å². The molecule has 3 N–H and O–H groups in total. The summed E-state index contributed by atoms with van der Waals surface area (Å²) in [6, 6.07) is 9.50. The predicted octanol–water partition coefficient (Wildman–Crippen LogP) is 1.76. The van der Waals surface area contributed by atoms with Gasteiger partial charge in [-0.2, -0.15) is 5.10 Å². The lowest BCUT2D eigenvalue weighted by Crippen LogP contribution is -2.39. The van der Waals surface area contributed by atoms with E-state index in [-0.39, 0.29) is 18.6 Å². The second kappa shape index (κ2) is 8.49. The van der Waals surface area contributed by atoms with E-state index >= 15 is 0 Å². The van der Waals surface area contributed by atoms with Crippen molar-refractivity contribution < 1.29 is 9.90 Å². The summed E-state index contributed by atoms with van der Waals surface area (Å²) in [5, 5.41) is 19.3. The third-order valence-electron chi connectivity index (χ3n) is 3.87. The molecule has 0 bridgehead atoms. The number of aromatic nitrogens is 2. The van der Waals surface area contributed by atoms with Gasteiger partial charge in [-0.3, -0.25) is 9.89 Å². The number of aliphatic hydroxyl groups is 1. The highest BCUT2D eigenvalue weighted by Gasteiger charge is 2.16. The molecule has 1 amide bonds. The smallest absolute Gasteiger partial charge is 0.272 e. The number of benzene rings is 1. The van der Waals surface area contributed by atoms with Crippen LogP contribution < -0.4 is 10.2 Å². The first-order valence-corrected chi connectivity index (χ1v) is 8.25. The Morgan fingerprint density at radius 2 is 2.04 bits per heavy atom. The van der Waals surface area contributed by atoms with Crippen molar-refractivity contribution in [1.29, 1.82) is 0 Å². The van der Waals surface area contributed by atoms with Gasteiger partial charge in [-0.1, -0.05) is 25.5 Å². The van der Waals surface area contributed by atoms with Gasteiger partial charge >= 0.3 is 0 Å². The number of nitrogens with one attached hydrogen (secondary N) is 2. The number of nitrogens with zero attached hydrogens (tertiary/aromatic N) is 2. The Kier molecular flexibility index (Phi) is 6.37. The molecule has 6 heteroatoms. The van der Waals surface area contributed by atoms with Gasteiger partial charge in [-0.05, 0) is 36.6 Å². The lowest BCUT2D eigenvalue weighted by molar-refractivity contribution is 0.0911. The van der Waals surface area contributed by atoms with Gasteiger partial charge < -0.3 is 15.3 Å². The average Bonchev–Trinajstić information content (AvgIpc) is 3.04. The molecule has 1 heterocycles. The minimum atomic E-state index is -0.339. The van der Waals surface area contributed by atoms with Crippen molar-refractivity contribution in [3.63, 3.8) is 0 Å². The molecule has 2 aromatic rings. The van der Waals surface area contributed by atoms with Crippen LogP contribution in [0, 0.1) is 0 Å². The summed E-state index contributed by atoms with van der Waals surface area (Å²) < 4.78 is 0. The SMILES string of the molecule is CCCc1cc(C(=O)NC(CO)Cc2ccc(N(C)C)cc2)n[nH]1. The molecule has 0 aliphatic rings. The number of rotatable bonds is 8. The molecule has 0 fully saturated rings. The summed E-state index contributed by atoms with van der Waals surface area (Å²) >= 11 is 0. The van der Waals surface area contributed by atoms with E-state index in [4.69, 9.17) is 0 Å². The number of hydrogen-bond donors (Lipinski definition) is 3. The van der Waals surface area contributed by atoms with Crippen molar-refractivity contribution in [2.75, 3.05) is 25.6 Å². The molecule has 0 radical (unpaired) electrons. The summed E-state index contributed by atoms with van der Waals surface area (Å²) in [7, 11) is 3.98. The van der Waals surface area contributed by atoms with Gasteiger partial charge in [0.2, 0.25) is 0 Å². The Morgan fingerprint density at radius 3 is 2.62 bits per heavy atom. The molecule has 1 atom stereocenters. The van der Waals surface area contributed by atoms with Gasteiger partial charge in [-0.25, -0.2) is 0 Å². The molecule has 1 aromatic heterocycles. The van der Waals surface area contributed by atoms with Crippen LogP contribution >= 0.6 is 0 Å². The first-order valence-electron chi connectivity index (χ1n) is 8.25. The molecule has 0 aliphatic carbocycles. The van der Waals surface area contributed by atoms with Crippen LogP contribution in [0.1, 0.15) is 35.1 Å². The molecule has 130 valence electrons. The highest BCUT2D eigenvalue weighted by molar-refractivity contribution is 5.92. The topological polar surface area (TPSA) is 81.2 Å². The van der Waals surface area contributed by atoms with Gasteiger partial charge in [0.25, 0.3) is 5.91 Å². The third-order valence-corrected chi connectivity index (χ3v) is 3.87. The van der Waals surface area contributed by atoms with Crippen molar-refractivity contribution in [1.82, 2.24) is 15.5 Å². The van der Waals surface area contributed by atoms with E-state index in [1.165, 1.54) is 0 Å². The van der Waals surface area contributed by atoms with Crippen LogP contribution in [-0.2, 0) is 12.8 Å². The Hall–Kier alpha value is -2.34. The molecular weight excluding hydrogens is 304 g/mol. The average molecular weight is 330 g/mol. The Bertz CT molecular complexity index is 649. The fourth-order valence-electron chi connectivity index (χ4n) is 2.51. The summed E-state index contributed by atoms with van der Waals surface area (Å²) in [5.74, 6) is -0.266. The maximum atomic E-state index is 12.3. The number of aliphatic hydroxyl groups excluding tert-OH is 1. The molecule has 0 saturated heterocycles. The highest BCUT2D eigenvalue weighted by atomic mass is 16.3. The first kappa shape index (κ1) is 18.0. The van der Waals surface area contributed by atoms with E-state index < -0.39 is 0 Å². The molecule has 0 spiro atoms. The number of anilines is 1. The van der Waals surface area contributed by atoms with E-state index in [0.717, 1.165) is 29.8 Å². The van der Waals surface area contributed by atoms with Crippen LogP contribution in [0.4, 0.5) is 5.69 Å². The molecule has 6 nitrogen and oxygen atoms in total. The lowest BCUT2D eigenvalue weighted by Gasteiger charge is -2.17. The minimum Gasteiger partial charge on any atom is -0.394 e. The van der Waals surface area contributed by atoms with Crippen LogP contribution in [0.2, 0.25) is 0 Å². The second-order valence-corrected chi connectivity index (χ2v) is 6.15. The van der Waals surface area contributed by atoms with Gasteiger partial charge in [0.05, 0.1) is 12.6 Å². The number of hydrogen-bond acceptors (Lipinski definition) is 4. The van der Waals surface area contributed by atoms with Crippen molar-refractivity contribution in [3.05, 3.63) is 47.3 Å². The number of aryl methyl sites for hydroxylation is 1. The van der Waals surface area contributed by atoms with Crippen molar-refractivity contribution >= 4 is 11.6 Å². The van der Waals surface area contributed by atoms with Crippen LogP contribution in [0.5, 0.6) is 0 Å². The van der Waals surface area contributed by atoms with Crippen LogP contribution in [0.15, 0.2) is 30.3 Å². The normalized spacial score (nSPS) is 12.0. The van der Waals surface area contributed by atoms with E-state index in [1.807, 2.05) is 43.3 Å².